The van der Waals surface area contributed by atoms with Crippen LogP contribution in [-0.2, 0) is 0 Å². The number of rotatable bonds is 5. The van der Waals surface area contributed by atoms with Crippen molar-refractivity contribution < 1.29 is 0 Å². The van der Waals surface area contributed by atoms with Gasteiger partial charge in [0.2, 0.25) is 0 Å². The van der Waals surface area contributed by atoms with E-state index in [1.54, 1.807) is 6.07 Å². The molecule has 0 radical (unpaired) electrons. The minimum absolute atomic E-state index is 0.478. The molecule has 6 heteroatoms. The average Bonchev–Trinajstić information content (AvgIpc) is 2.46. The quantitative estimate of drug-likeness (QED) is 0.891. The molecule has 1 fully saturated rings. The summed E-state index contributed by atoms with van der Waals surface area (Å²) in [6.07, 6.45) is 3.29. The maximum absolute atomic E-state index is 6.35. The van der Waals surface area contributed by atoms with Gasteiger partial charge in [-0.25, -0.2) is 4.98 Å². The van der Waals surface area contributed by atoms with Gasteiger partial charge in [0.1, 0.15) is 11.6 Å². The zero-order valence-corrected chi connectivity index (χ0v) is 14.5. The number of nitrogens with one attached hydrogen (secondary N) is 1. The van der Waals surface area contributed by atoms with Gasteiger partial charge in [-0.05, 0) is 45.5 Å². The van der Waals surface area contributed by atoms with Crippen LogP contribution in [0.5, 0.6) is 0 Å². The Morgan fingerprint density at radius 2 is 2.00 bits per heavy atom. The van der Waals surface area contributed by atoms with Crippen LogP contribution in [-0.4, -0.2) is 49.7 Å². The van der Waals surface area contributed by atoms with E-state index in [1.807, 2.05) is 0 Å². The molecule has 2 rings (SSSR count). The van der Waals surface area contributed by atoms with Gasteiger partial charge in [0.15, 0.2) is 0 Å². The van der Waals surface area contributed by atoms with Crippen molar-refractivity contribution in [1.82, 2.24) is 9.88 Å². The van der Waals surface area contributed by atoms with Gasteiger partial charge < -0.3 is 15.1 Å². The predicted molar refractivity (Wildman–Crippen MR) is 92.0 cm³/mol. The second kappa shape index (κ2) is 7.52. The average molecular weight is 331 g/mol. The van der Waals surface area contributed by atoms with Crippen LogP contribution in [0.15, 0.2) is 6.07 Å². The van der Waals surface area contributed by atoms with Crippen molar-refractivity contribution in [3.8, 4) is 0 Å². The highest BCUT2D eigenvalue weighted by Crippen LogP contribution is 2.33. The highest BCUT2D eigenvalue weighted by molar-refractivity contribution is 6.37. The van der Waals surface area contributed by atoms with Crippen LogP contribution in [0.3, 0.4) is 0 Å². The van der Waals surface area contributed by atoms with Gasteiger partial charge in [-0.1, -0.05) is 30.1 Å². The molecule has 0 amide bonds. The highest BCUT2D eigenvalue weighted by atomic mass is 35.5. The number of anilines is 2. The van der Waals surface area contributed by atoms with E-state index in [0.29, 0.717) is 16.1 Å². The lowest BCUT2D eigenvalue weighted by Crippen LogP contribution is -2.42. The minimum Gasteiger partial charge on any atom is -0.369 e. The molecule has 0 unspecified atom stereocenters. The molecule has 0 spiro atoms. The summed E-state index contributed by atoms with van der Waals surface area (Å²) in [5, 5.41) is 4.45. The van der Waals surface area contributed by atoms with Crippen LogP contribution in [0.1, 0.15) is 26.2 Å². The second-order valence-corrected chi connectivity index (χ2v) is 6.51. The molecule has 4 nitrogen and oxygen atoms in total. The molecule has 0 atom stereocenters. The van der Waals surface area contributed by atoms with E-state index in [1.165, 1.54) is 0 Å². The Balaban J connectivity index is 2.17. The molecule has 1 aromatic heterocycles. The van der Waals surface area contributed by atoms with Crippen molar-refractivity contribution in [3.05, 3.63) is 16.1 Å². The van der Waals surface area contributed by atoms with E-state index in [2.05, 4.69) is 41.1 Å². The molecule has 1 saturated heterocycles. The first-order valence-electron chi connectivity index (χ1n) is 7.54. The van der Waals surface area contributed by atoms with Crippen LogP contribution in [0.4, 0.5) is 11.6 Å². The number of halogens is 2. The summed E-state index contributed by atoms with van der Waals surface area (Å²) in [5.41, 5.74) is 0. The smallest absolute Gasteiger partial charge is 0.149 e. The third-order valence-corrected chi connectivity index (χ3v) is 4.59. The maximum Gasteiger partial charge on any atom is 0.149 e. The van der Waals surface area contributed by atoms with Crippen molar-refractivity contribution in [2.24, 2.45) is 0 Å². The molecular formula is C15H24Cl2N4. The predicted octanol–water partition coefficient (Wildman–Crippen LogP) is 3.74. The zero-order valence-electron chi connectivity index (χ0n) is 13.0. The van der Waals surface area contributed by atoms with Crippen molar-refractivity contribution in [2.75, 3.05) is 43.9 Å². The van der Waals surface area contributed by atoms with Crippen molar-refractivity contribution in [2.45, 2.75) is 32.2 Å². The first kappa shape index (κ1) is 16.7. The third kappa shape index (κ3) is 4.15. The van der Waals surface area contributed by atoms with E-state index in [0.717, 1.165) is 50.5 Å². The Hall–Kier alpha value is -0.710. The summed E-state index contributed by atoms with van der Waals surface area (Å²) >= 11 is 12.6. The van der Waals surface area contributed by atoms with E-state index in [4.69, 9.17) is 23.2 Å². The number of hydrogen-bond donors (Lipinski definition) is 1. The van der Waals surface area contributed by atoms with Gasteiger partial charge >= 0.3 is 0 Å². The third-order valence-electron chi connectivity index (χ3n) is 4.02. The maximum atomic E-state index is 6.35. The SMILES string of the molecule is CCCNc1nc(N(C)C2CCN(C)CC2)c(Cl)cc1Cl. The van der Waals surface area contributed by atoms with E-state index in [9.17, 15) is 0 Å². The lowest BCUT2D eigenvalue weighted by atomic mass is 10.0. The fourth-order valence-corrected chi connectivity index (χ4v) is 3.19. The zero-order chi connectivity index (χ0) is 15.4. The summed E-state index contributed by atoms with van der Waals surface area (Å²) in [6.45, 7) is 5.19. The first-order chi connectivity index (χ1) is 10.0. The Morgan fingerprint density at radius 3 is 2.62 bits per heavy atom. The van der Waals surface area contributed by atoms with Gasteiger partial charge in [0.25, 0.3) is 0 Å². The van der Waals surface area contributed by atoms with Gasteiger partial charge in [-0.15, -0.1) is 0 Å². The van der Waals surface area contributed by atoms with Crippen LogP contribution in [0, 0.1) is 0 Å². The summed E-state index contributed by atoms with van der Waals surface area (Å²) in [7, 11) is 4.23. The van der Waals surface area contributed by atoms with Crippen LogP contribution >= 0.6 is 23.2 Å². The standard InChI is InChI=1S/C15H24Cl2N4/c1-4-7-18-14-12(16)10-13(17)15(19-14)21(3)11-5-8-20(2)9-6-11/h10-11H,4-9H2,1-3H3,(H,18,19). The fraction of sp³-hybridized carbons (Fsp3) is 0.667. The van der Waals surface area contributed by atoms with Gasteiger partial charge in [0, 0.05) is 19.6 Å². The first-order valence-corrected chi connectivity index (χ1v) is 8.29. The lowest BCUT2D eigenvalue weighted by molar-refractivity contribution is 0.252. The molecule has 1 N–H and O–H groups in total. The Bertz CT molecular complexity index is 473. The molecule has 1 aliphatic rings. The Morgan fingerprint density at radius 1 is 1.33 bits per heavy atom. The normalized spacial score (nSPS) is 17.0. The number of aromatic nitrogens is 1. The van der Waals surface area contributed by atoms with Crippen molar-refractivity contribution >= 4 is 34.8 Å². The fourth-order valence-electron chi connectivity index (χ4n) is 2.63. The molecule has 1 aromatic rings. The van der Waals surface area contributed by atoms with E-state index >= 15 is 0 Å². The van der Waals surface area contributed by atoms with E-state index in [-0.39, 0.29) is 0 Å². The Kier molecular flexibility index (Phi) is 5.97. The number of piperidine rings is 1. The number of hydrogen-bond acceptors (Lipinski definition) is 4. The lowest BCUT2D eigenvalue weighted by Gasteiger charge is -2.36. The molecule has 1 aliphatic heterocycles. The van der Waals surface area contributed by atoms with Crippen LogP contribution < -0.4 is 10.2 Å². The largest absolute Gasteiger partial charge is 0.369 e. The number of pyridine rings is 1. The number of likely N-dealkylation sites (tertiary alicyclic amines) is 1. The van der Waals surface area contributed by atoms with Crippen molar-refractivity contribution in [3.63, 3.8) is 0 Å². The Labute approximate surface area is 137 Å². The summed E-state index contributed by atoms with van der Waals surface area (Å²) in [4.78, 5) is 9.19. The monoisotopic (exact) mass is 330 g/mol. The van der Waals surface area contributed by atoms with Crippen LogP contribution in [0.2, 0.25) is 10.0 Å². The molecular weight excluding hydrogens is 307 g/mol. The summed E-state index contributed by atoms with van der Waals surface area (Å²) in [5.74, 6) is 1.53. The van der Waals surface area contributed by atoms with E-state index < -0.39 is 0 Å². The van der Waals surface area contributed by atoms with Crippen molar-refractivity contribution in [1.29, 1.82) is 0 Å². The summed E-state index contributed by atoms with van der Waals surface area (Å²) < 4.78 is 0. The molecule has 118 valence electrons. The molecule has 0 bridgehead atoms. The molecule has 0 saturated carbocycles. The van der Waals surface area contributed by atoms with Gasteiger partial charge in [0.05, 0.1) is 10.0 Å². The minimum atomic E-state index is 0.478. The highest BCUT2D eigenvalue weighted by Gasteiger charge is 2.23. The molecule has 2 heterocycles. The summed E-state index contributed by atoms with van der Waals surface area (Å²) in [6, 6.07) is 2.26. The second-order valence-electron chi connectivity index (χ2n) is 5.70. The number of nitrogens with zero attached hydrogens (tertiary/aromatic N) is 3. The van der Waals surface area contributed by atoms with Crippen LogP contribution in [0.25, 0.3) is 0 Å². The molecule has 0 aromatic carbocycles. The van der Waals surface area contributed by atoms with Gasteiger partial charge in [-0.2, -0.15) is 0 Å². The molecule has 0 aliphatic carbocycles. The molecule has 21 heavy (non-hydrogen) atoms. The van der Waals surface area contributed by atoms with Gasteiger partial charge in [-0.3, -0.25) is 0 Å². The topological polar surface area (TPSA) is 31.4 Å².